The third kappa shape index (κ3) is 2.72. The van der Waals surface area contributed by atoms with Crippen LogP contribution in [0.2, 0.25) is 0 Å². The fraction of sp³-hybridized carbons (Fsp3) is 0.250. The van der Waals surface area contributed by atoms with Crippen LogP contribution < -0.4 is 5.32 Å². The monoisotopic (exact) mass is 319 g/mol. The van der Waals surface area contributed by atoms with E-state index in [1.165, 1.54) is 17.2 Å². The first-order valence-corrected chi connectivity index (χ1v) is 7.26. The number of halogens is 2. The molecule has 0 saturated heterocycles. The van der Waals surface area contributed by atoms with E-state index in [2.05, 4.69) is 45.5 Å². The van der Waals surface area contributed by atoms with Gasteiger partial charge in [-0.15, -0.1) is 0 Å². The van der Waals surface area contributed by atoms with Crippen LogP contribution in [-0.2, 0) is 13.0 Å². The average molecular weight is 320 g/mol. The summed E-state index contributed by atoms with van der Waals surface area (Å²) in [4.78, 5) is 0. The maximum absolute atomic E-state index is 13.6. The van der Waals surface area contributed by atoms with Crippen molar-refractivity contribution in [2.45, 2.75) is 18.9 Å². The summed E-state index contributed by atoms with van der Waals surface area (Å²) < 4.78 is 14.5. The molecular weight excluding hydrogens is 305 g/mol. The molecule has 1 unspecified atom stereocenters. The molecule has 2 aromatic rings. The zero-order chi connectivity index (χ0) is 13.2. The van der Waals surface area contributed by atoms with Crippen LogP contribution in [0.15, 0.2) is 46.9 Å². The predicted octanol–water partition coefficient (Wildman–Crippen LogP) is 4.02. The Labute approximate surface area is 121 Å². The molecule has 0 aromatic heterocycles. The largest absolute Gasteiger partial charge is 0.312 e. The van der Waals surface area contributed by atoms with Gasteiger partial charge < -0.3 is 5.32 Å². The molecule has 19 heavy (non-hydrogen) atoms. The van der Waals surface area contributed by atoms with E-state index in [-0.39, 0.29) is 5.82 Å². The van der Waals surface area contributed by atoms with Crippen molar-refractivity contribution in [3.8, 4) is 0 Å². The molecule has 0 radical (unpaired) electrons. The molecule has 98 valence electrons. The van der Waals surface area contributed by atoms with Crippen molar-refractivity contribution in [3.05, 3.63) is 69.4 Å². The van der Waals surface area contributed by atoms with E-state index in [1.54, 1.807) is 6.07 Å². The maximum atomic E-state index is 13.6. The van der Waals surface area contributed by atoms with Gasteiger partial charge in [0.05, 0.1) is 0 Å². The Morgan fingerprint density at radius 2 is 2.05 bits per heavy atom. The van der Waals surface area contributed by atoms with Crippen LogP contribution in [0.3, 0.4) is 0 Å². The van der Waals surface area contributed by atoms with E-state index in [0.717, 1.165) is 17.4 Å². The van der Waals surface area contributed by atoms with Crippen molar-refractivity contribution in [2.24, 2.45) is 0 Å². The fourth-order valence-electron chi connectivity index (χ4n) is 2.60. The van der Waals surface area contributed by atoms with Gasteiger partial charge >= 0.3 is 0 Å². The highest BCUT2D eigenvalue weighted by atomic mass is 79.9. The third-order valence-electron chi connectivity index (χ3n) is 3.68. The summed E-state index contributed by atoms with van der Waals surface area (Å²) in [6.07, 6.45) is 1.13. The molecule has 0 heterocycles. The molecule has 1 nitrogen and oxygen atoms in total. The van der Waals surface area contributed by atoms with Gasteiger partial charge in [-0.3, -0.25) is 0 Å². The number of benzene rings is 2. The maximum Gasteiger partial charge on any atom is 0.127 e. The van der Waals surface area contributed by atoms with Gasteiger partial charge in [0.2, 0.25) is 0 Å². The first kappa shape index (κ1) is 12.8. The first-order chi connectivity index (χ1) is 9.24. The lowest BCUT2D eigenvalue weighted by molar-refractivity contribution is 0.523. The second-order valence-electron chi connectivity index (χ2n) is 4.97. The van der Waals surface area contributed by atoms with Gasteiger partial charge in [-0.2, -0.15) is 0 Å². The molecular formula is C16H15BrFN. The van der Waals surface area contributed by atoms with Gasteiger partial charge in [0, 0.05) is 29.0 Å². The minimum Gasteiger partial charge on any atom is -0.312 e. The number of hydrogen-bond donors (Lipinski definition) is 1. The lowest BCUT2D eigenvalue weighted by atomic mass is 9.77. The molecule has 1 atom stereocenters. The zero-order valence-electron chi connectivity index (χ0n) is 10.5. The highest BCUT2D eigenvalue weighted by Gasteiger charge is 2.24. The predicted molar refractivity (Wildman–Crippen MR) is 78.7 cm³/mol. The van der Waals surface area contributed by atoms with E-state index in [4.69, 9.17) is 0 Å². The normalized spacial score (nSPS) is 16.8. The van der Waals surface area contributed by atoms with Crippen LogP contribution in [0.1, 0.15) is 22.6 Å². The number of nitrogens with one attached hydrogen (secondary N) is 1. The summed E-state index contributed by atoms with van der Waals surface area (Å²) in [6, 6.07) is 13.6. The van der Waals surface area contributed by atoms with E-state index >= 15 is 0 Å². The van der Waals surface area contributed by atoms with Crippen LogP contribution in [0, 0.1) is 5.82 Å². The Morgan fingerprint density at radius 1 is 1.21 bits per heavy atom. The molecule has 0 amide bonds. The van der Waals surface area contributed by atoms with Crippen LogP contribution >= 0.6 is 15.9 Å². The first-order valence-electron chi connectivity index (χ1n) is 6.46. The SMILES string of the molecule is Fc1ccc(Br)cc1CNCC1Cc2ccccc21. The molecule has 1 aliphatic rings. The van der Waals surface area contributed by atoms with Gasteiger partial charge in [0.1, 0.15) is 5.82 Å². The second kappa shape index (κ2) is 5.43. The molecule has 0 saturated carbocycles. The highest BCUT2D eigenvalue weighted by Crippen LogP contribution is 2.34. The van der Waals surface area contributed by atoms with Gasteiger partial charge in [0.15, 0.2) is 0 Å². The van der Waals surface area contributed by atoms with E-state index in [9.17, 15) is 4.39 Å². The molecule has 0 bridgehead atoms. The van der Waals surface area contributed by atoms with Crippen molar-refractivity contribution in [3.63, 3.8) is 0 Å². The molecule has 0 aliphatic heterocycles. The van der Waals surface area contributed by atoms with Crippen molar-refractivity contribution in [1.29, 1.82) is 0 Å². The summed E-state index contributed by atoms with van der Waals surface area (Å²) in [7, 11) is 0. The lowest BCUT2D eigenvalue weighted by Crippen LogP contribution is -2.29. The highest BCUT2D eigenvalue weighted by molar-refractivity contribution is 9.10. The quantitative estimate of drug-likeness (QED) is 0.897. The Bertz CT molecular complexity index is 597. The van der Waals surface area contributed by atoms with E-state index in [0.29, 0.717) is 18.0 Å². The second-order valence-corrected chi connectivity index (χ2v) is 5.88. The Kier molecular flexibility index (Phi) is 3.67. The van der Waals surface area contributed by atoms with E-state index < -0.39 is 0 Å². The van der Waals surface area contributed by atoms with Crippen molar-refractivity contribution in [2.75, 3.05) is 6.54 Å². The summed E-state index contributed by atoms with van der Waals surface area (Å²) in [6.45, 7) is 1.48. The summed E-state index contributed by atoms with van der Waals surface area (Å²) >= 11 is 3.37. The minimum atomic E-state index is -0.148. The molecule has 0 spiro atoms. The van der Waals surface area contributed by atoms with Crippen molar-refractivity contribution < 1.29 is 4.39 Å². The number of hydrogen-bond acceptors (Lipinski definition) is 1. The van der Waals surface area contributed by atoms with Crippen LogP contribution in [-0.4, -0.2) is 6.54 Å². The molecule has 0 fully saturated rings. The van der Waals surface area contributed by atoms with Crippen LogP contribution in [0.4, 0.5) is 4.39 Å². The van der Waals surface area contributed by atoms with Gasteiger partial charge in [-0.05, 0) is 35.7 Å². The standard InChI is InChI=1S/C16H15BrFN/c17-14-5-6-16(18)13(8-14)10-19-9-12-7-11-3-1-2-4-15(11)12/h1-6,8,12,19H,7,9-10H2. The van der Waals surface area contributed by atoms with Gasteiger partial charge in [-0.1, -0.05) is 40.2 Å². The average Bonchev–Trinajstić information content (AvgIpc) is 2.39. The Hall–Kier alpha value is -1.19. The van der Waals surface area contributed by atoms with Crippen LogP contribution in [0.5, 0.6) is 0 Å². The summed E-state index contributed by atoms with van der Waals surface area (Å²) in [5.41, 5.74) is 3.59. The van der Waals surface area contributed by atoms with Gasteiger partial charge in [-0.25, -0.2) is 4.39 Å². The van der Waals surface area contributed by atoms with Crippen LogP contribution in [0.25, 0.3) is 0 Å². The van der Waals surface area contributed by atoms with Gasteiger partial charge in [0.25, 0.3) is 0 Å². The topological polar surface area (TPSA) is 12.0 Å². The Balaban J connectivity index is 1.56. The smallest absolute Gasteiger partial charge is 0.127 e. The molecule has 1 N–H and O–H groups in total. The van der Waals surface area contributed by atoms with Crippen molar-refractivity contribution in [1.82, 2.24) is 5.32 Å². The zero-order valence-corrected chi connectivity index (χ0v) is 12.1. The molecule has 1 aliphatic carbocycles. The summed E-state index contributed by atoms with van der Waals surface area (Å²) in [5.74, 6) is 0.427. The Morgan fingerprint density at radius 3 is 2.89 bits per heavy atom. The lowest BCUT2D eigenvalue weighted by Gasteiger charge is -2.30. The third-order valence-corrected chi connectivity index (χ3v) is 4.17. The molecule has 3 rings (SSSR count). The minimum absolute atomic E-state index is 0.148. The molecule has 2 aromatic carbocycles. The summed E-state index contributed by atoms with van der Waals surface area (Å²) in [5, 5.41) is 3.35. The fourth-order valence-corrected chi connectivity index (χ4v) is 3.01. The molecule has 3 heteroatoms. The van der Waals surface area contributed by atoms with Crippen molar-refractivity contribution >= 4 is 15.9 Å². The van der Waals surface area contributed by atoms with E-state index in [1.807, 2.05) is 6.07 Å². The number of fused-ring (bicyclic) bond motifs is 1. The number of rotatable bonds is 4.